The summed E-state index contributed by atoms with van der Waals surface area (Å²) in [6.07, 6.45) is 1.04. The van der Waals surface area contributed by atoms with Gasteiger partial charge in [-0.3, -0.25) is 0 Å². The average molecular weight is 207 g/mol. The van der Waals surface area contributed by atoms with Gasteiger partial charge in [-0.2, -0.15) is 0 Å². The summed E-state index contributed by atoms with van der Waals surface area (Å²) in [5.41, 5.74) is 7.30. The fourth-order valence-corrected chi connectivity index (χ4v) is 2.03. The quantitative estimate of drug-likeness (QED) is 0.821. The van der Waals surface area contributed by atoms with Crippen molar-refractivity contribution in [2.75, 3.05) is 20.3 Å². The SMILES string of the molecule is COc1ccccc1C(N)C1CCOC1. The van der Waals surface area contributed by atoms with Gasteiger partial charge in [0.1, 0.15) is 5.75 Å². The number of nitrogens with two attached hydrogens (primary N) is 1. The molecule has 1 aliphatic rings. The summed E-state index contributed by atoms with van der Waals surface area (Å²) >= 11 is 0. The van der Waals surface area contributed by atoms with Gasteiger partial charge in [-0.25, -0.2) is 0 Å². The van der Waals surface area contributed by atoms with E-state index in [4.69, 9.17) is 15.2 Å². The van der Waals surface area contributed by atoms with Crippen molar-refractivity contribution in [3.05, 3.63) is 29.8 Å². The Morgan fingerprint density at radius 3 is 2.93 bits per heavy atom. The van der Waals surface area contributed by atoms with E-state index >= 15 is 0 Å². The summed E-state index contributed by atoms with van der Waals surface area (Å²) in [6, 6.07) is 7.95. The molecule has 2 atom stereocenters. The number of benzene rings is 1. The monoisotopic (exact) mass is 207 g/mol. The maximum atomic E-state index is 6.22. The third-order valence-corrected chi connectivity index (χ3v) is 2.97. The van der Waals surface area contributed by atoms with Gasteiger partial charge in [-0.15, -0.1) is 0 Å². The molecule has 1 aromatic carbocycles. The van der Waals surface area contributed by atoms with Gasteiger partial charge in [0.15, 0.2) is 0 Å². The molecule has 0 spiro atoms. The maximum absolute atomic E-state index is 6.22. The summed E-state index contributed by atoms with van der Waals surface area (Å²) in [6.45, 7) is 1.59. The summed E-state index contributed by atoms with van der Waals surface area (Å²) in [5, 5.41) is 0. The molecule has 1 heterocycles. The van der Waals surface area contributed by atoms with Gasteiger partial charge in [0, 0.05) is 24.1 Å². The molecule has 3 nitrogen and oxygen atoms in total. The number of para-hydroxylation sites is 1. The number of hydrogen-bond donors (Lipinski definition) is 1. The van der Waals surface area contributed by atoms with E-state index in [2.05, 4.69) is 0 Å². The highest BCUT2D eigenvalue weighted by Crippen LogP contribution is 2.31. The first kappa shape index (κ1) is 10.5. The van der Waals surface area contributed by atoms with Gasteiger partial charge in [-0.1, -0.05) is 18.2 Å². The van der Waals surface area contributed by atoms with Crippen molar-refractivity contribution in [2.45, 2.75) is 12.5 Å². The largest absolute Gasteiger partial charge is 0.496 e. The molecule has 2 unspecified atom stereocenters. The van der Waals surface area contributed by atoms with Crippen molar-refractivity contribution in [1.82, 2.24) is 0 Å². The molecule has 2 N–H and O–H groups in total. The van der Waals surface area contributed by atoms with Crippen LogP contribution in [-0.4, -0.2) is 20.3 Å². The standard InChI is InChI=1S/C12H17NO2/c1-14-11-5-3-2-4-10(11)12(13)9-6-7-15-8-9/h2-5,9,12H,6-8,13H2,1H3. The van der Waals surface area contributed by atoms with E-state index in [-0.39, 0.29) is 6.04 Å². The molecule has 0 bridgehead atoms. The van der Waals surface area contributed by atoms with Crippen LogP contribution in [0.1, 0.15) is 18.0 Å². The molecule has 1 aromatic rings. The molecule has 3 heteroatoms. The van der Waals surface area contributed by atoms with Crippen LogP contribution < -0.4 is 10.5 Å². The Hall–Kier alpha value is -1.06. The highest BCUT2D eigenvalue weighted by molar-refractivity contribution is 5.36. The fourth-order valence-electron chi connectivity index (χ4n) is 2.03. The van der Waals surface area contributed by atoms with Crippen LogP contribution in [0, 0.1) is 5.92 Å². The number of ether oxygens (including phenoxy) is 2. The minimum absolute atomic E-state index is 0.0173. The molecule has 0 aromatic heterocycles. The smallest absolute Gasteiger partial charge is 0.123 e. The van der Waals surface area contributed by atoms with Crippen molar-refractivity contribution in [3.63, 3.8) is 0 Å². The molecule has 1 aliphatic heterocycles. The zero-order valence-electron chi connectivity index (χ0n) is 8.98. The van der Waals surface area contributed by atoms with Crippen molar-refractivity contribution in [2.24, 2.45) is 11.7 Å². The third-order valence-electron chi connectivity index (χ3n) is 2.97. The second kappa shape index (κ2) is 4.64. The fraction of sp³-hybridized carbons (Fsp3) is 0.500. The summed E-state index contributed by atoms with van der Waals surface area (Å²) in [7, 11) is 1.68. The van der Waals surface area contributed by atoms with E-state index < -0.39 is 0 Å². The molecular formula is C12H17NO2. The Bertz CT molecular complexity index is 321. The van der Waals surface area contributed by atoms with Crippen LogP contribution in [-0.2, 0) is 4.74 Å². The Balaban J connectivity index is 2.19. The van der Waals surface area contributed by atoms with Crippen molar-refractivity contribution >= 4 is 0 Å². The average Bonchev–Trinajstić information content (AvgIpc) is 2.81. The molecule has 1 fully saturated rings. The first-order valence-electron chi connectivity index (χ1n) is 5.29. The summed E-state index contributed by atoms with van der Waals surface area (Å²) < 4.78 is 10.7. The van der Waals surface area contributed by atoms with Gasteiger partial charge in [0.25, 0.3) is 0 Å². The van der Waals surface area contributed by atoms with E-state index in [1.807, 2.05) is 24.3 Å². The Kier molecular flexibility index (Phi) is 3.23. The van der Waals surface area contributed by atoms with Crippen LogP contribution in [0.25, 0.3) is 0 Å². The lowest BCUT2D eigenvalue weighted by Gasteiger charge is -2.20. The molecule has 1 saturated heterocycles. The minimum Gasteiger partial charge on any atom is -0.496 e. The molecule has 15 heavy (non-hydrogen) atoms. The van der Waals surface area contributed by atoms with E-state index in [0.717, 1.165) is 30.9 Å². The first-order valence-corrected chi connectivity index (χ1v) is 5.29. The van der Waals surface area contributed by atoms with Gasteiger partial charge in [-0.05, 0) is 12.5 Å². The van der Waals surface area contributed by atoms with Crippen LogP contribution >= 0.6 is 0 Å². The number of methoxy groups -OCH3 is 1. The van der Waals surface area contributed by atoms with Crippen LogP contribution in [0.4, 0.5) is 0 Å². The lowest BCUT2D eigenvalue weighted by atomic mass is 9.93. The molecule has 0 amide bonds. The molecular weight excluding hydrogens is 190 g/mol. The lowest BCUT2D eigenvalue weighted by Crippen LogP contribution is -2.22. The van der Waals surface area contributed by atoms with E-state index in [1.54, 1.807) is 7.11 Å². The Morgan fingerprint density at radius 2 is 2.27 bits per heavy atom. The lowest BCUT2D eigenvalue weighted by molar-refractivity contribution is 0.180. The van der Waals surface area contributed by atoms with Crippen molar-refractivity contribution in [1.29, 1.82) is 0 Å². The zero-order valence-corrected chi connectivity index (χ0v) is 8.98. The number of hydrogen-bond acceptors (Lipinski definition) is 3. The minimum atomic E-state index is 0.0173. The van der Waals surface area contributed by atoms with Crippen molar-refractivity contribution < 1.29 is 9.47 Å². The highest BCUT2D eigenvalue weighted by Gasteiger charge is 2.25. The second-order valence-electron chi connectivity index (χ2n) is 3.89. The van der Waals surface area contributed by atoms with Gasteiger partial charge >= 0.3 is 0 Å². The third kappa shape index (κ3) is 2.13. The topological polar surface area (TPSA) is 44.5 Å². The Labute approximate surface area is 90.2 Å². The Morgan fingerprint density at radius 1 is 1.47 bits per heavy atom. The van der Waals surface area contributed by atoms with Gasteiger partial charge < -0.3 is 15.2 Å². The zero-order chi connectivity index (χ0) is 10.7. The van der Waals surface area contributed by atoms with E-state index in [1.165, 1.54) is 0 Å². The van der Waals surface area contributed by atoms with Crippen LogP contribution in [0.5, 0.6) is 5.75 Å². The van der Waals surface area contributed by atoms with Gasteiger partial charge in [0.05, 0.1) is 13.7 Å². The normalized spacial score (nSPS) is 22.7. The highest BCUT2D eigenvalue weighted by atomic mass is 16.5. The summed E-state index contributed by atoms with van der Waals surface area (Å²) in [5.74, 6) is 1.29. The van der Waals surface area contributed by atoms with Gasteiger partial charge in [0.2, 0.25) is 0 Å². The van der Waals surface area contributed by atoms with Crippen molar-refractivity contribution in [3.8, 4) is 5.75 Å². The molecule has 2 rings (SSSR count). The molecule has 0 radical (unpaired) electrons. The summed E-state index contributed by atoms with van der Waals surface area (Å²) in [4.78, 5) is 0. The van der Waals surface area contributed by atoms with Crippen LogP contribution in [0.2, 0.25) is 0 Å². The first-order chi connectivity index (χ1) is 7.33. The molecule has 82 valence electrons. The molecule has 0 aliphatic carbocycles. The molecule has 0 saturated carbocycles. The predicted octanol–water partition coefficient (Wildman–Crippen LogP) is 1.73. The van der Waals surface area contributed by atoms with Crippen LogP contribution in [0.3, 0.4) is 0 Å². The maximum Gasteiger partial charge on any atom is 0.123 e. The predicted molar refractivity (Wildman–Crippen MR) is 58.8 cm³/mol. The van der Waals surface area contributed by atoms with Crippen LogP contribution in [0.15, 0.2) is 24.3 Å². The number of rotatable bonds is 3. The van der Waals surface area contributed by atoms with E-state index in [9.17, 15) is 0 Å². The van der Waals surface area contributed by atoms with E-state index in [0.29, 0.717) is 5.92 Å². The second-order valence-corrected chi connectivity index (χ2v) is 3.89.